The van der Waals surface area contributed by atoms with Gasteiger partial charge in [0, 0.05) is 12.0 Å². The predicted octanol–water partition coefficient (Wildman–Crippen LogP) is 4.00. The van der Waals surface area contributed by atoms with Crippen LogP contribution >= 0.6 is 0 Å². The lowest BCUT2D eigenvalue weighted by Crippen LogP contribution is -2.18. The number of hydrogen-bond donors (Lipinski definition) is 1. The van der Waals surface area contributed by atoms with Crippen LogP contribution in [-0.2, 0) is 14.6 Å². The third-order valence-electron chi connectivity index (χ3n) is 4.57. The first-order chi connectivity index (χ1) is 14.4. The number of aromatic nitrogens is 2. The minimum Gasteiger partial charge on any atom is -0.418 e. The van der Waals surface area contributed by atoms with Crippen molar-refractivity contribution in [2.45, 2.75) is 18.2 Å². The SMILES string of the molecule is Cc1nc2oc(-c3ccccc3)nc2cc1NC(=O)CCS(=O)(=O)c1ccccc1. The van der Waals surface area contributed by atoms with E-state index in [4.69, 9.17) is 4.42 Å². The van der Waals surface area contributed by atoms with Gasteiger partial charge in [0.15, 0.2) is 9.84 Å². The van der Waals surface area contributed by atoms with Gasteiger partial charge in [-0.2, -0.15) is 0 Å². The molecule has 0 aliphatic rings. The Hall–Kier alpha value is -3.52. The van der Waals surface area contributed by atoms with Gasteiger partial charge in [-0.25, -0.2) is 18.4 Å². The molecule has 0 saturated carbocycles. The summed E-state index contributed by atoms with van der Waals surface area (Å²) in [7, 11) is -3.52. The summed E-state index contributed by atoms with van der Waals surface area (Å²) in [6.45, 7) is 1.74. The first-order valence-corrected chi connectivity index (χ1v) is 11.0. The van der Waals surface area contributed by atoms with Gasteiger partial charge in [0.2, 0.25) is 17.5 Å². The van der Waals surface area contributed by atoms with Crippen LogP contribution in [-0.4, -0.2) is 30.0 Å². The zero-order valence-corrected chi connectivity index (χ0v) is 17.0. The van der Waals surface area contributed by atoms with E-state index in [1.165, 1.54) is 12.1 Å². The normalized spacial score (nSPS) is 11.5. The largest absolute Gasteiger partial charge is 0.418 e. The molecular formula is C22H19N3O4S. The Morgan fingerprint density at radius 3 is 2.37 bits per heavy atom. The molecule has 1 amide bonds. The second-order valence-electron chi connectivity index (χ2n) is 6.76. The molecule has 0 radical (unpaired) electrons. The van der Waals surface area contributed by atoms with Crippen LogP contribution in [0.4, 0.5) is 5.69 Å². The lowest BCUT2D eigenvalue weighted by molar-refractivity contribution is -0.115. The average Bonchev–Trinajstić information content (AvgIpc) is 3.17. The maximum absolute atomic E-state index is 12.4. The van der Waals surface area contributed by atoms with Gasteiger partial charge >= 0.3 is 0 Å². The number of oxazole rings is 1. The van der Waals surface area contributed by atoms with Crippen molar-refractivity contribution in [3.63, 3.8) is 0 Å². The standard InChI is InChI=1S/C22H19N3O4S/c1-15-18(24-20(26)12-13-30(27,28)17-10-6-3-7-11-17)14-19-22(23-15)29-21(25-19)16-8-4-2-5-9-16/h2-11,14H,12-13H2,1H3,(H,24,26). The number of hydrogen-bond acceptors (Lipinski definition) is 6. The molecule has 2 aromatic heterocycles. The van der Waals surface area contributed by atoms with Gasteiger partial charge in [-0.15, -0.1) is 0 Å². The minimum atomic E-state index is -3.52. The summed E-state index contributed by atoms with van der Waals surface area (Å²) < 4.78 is 30.4. The summed E-state index contributed by atoms with van der Waals surface area (Å²) >= 11 is 0. The predicted molar refractivity (Wildman–Crippen MR) is 114 cm³/mol. The first kappa shape index (κ1) is 19.8. The van der Waals surface area contributed by atoms with Crippen LogP contribution in [0.1, 0.15) is 12.1 Å². The number of pyridine rings is 1. The van der Waals surface area contributed by atoms with E-state index in [9.17, 15) is 13.2 Å². The van der Waals surface area contributed by atoms with Gasteiger partial charge in [-0.05, 0) is 37.3 Å². The maximum Gasteiger partial charge on any atom is 0.247 e. The number of fused-ring (bicyclic) bond motifs is 1. The highest BCUT2D eigenvalue weighted by atomic mass is 32.2. The van der Waals surface area contributed by atoms with Crippen LogP contribution in [0.15, 0.2) is 76.0 Å². The number of benzene rings is 2. The van der Waals surface area contributed by atoms with E-state index in [0.717, 1.165) is 5.56 Å². The van der Waals surface area contributed by atoms with Crippen LogP contribution in [0.25, 0.3) is 22.7 Å². The number of anilines is 1. The van der Waals surface area contributed by atoms with Crippen molar-refractivity contribution in [2.24, 2.45) is 0 Å². The molecule has 152 valence electrons. The van der Waals surface area contributed by atoms with Gasteiger partial charge in [-0.3, -0.25) is 4.79 Å². The van der Waals surface area contributed by atoms with E-state index < -0.39 is 15.7 Å². The number of nitrogens with one attached hydrogen (secondary N) is 1. The molecule has 0 spiro atoms. The molecule has 4 rings (SSSR count). The number of carbonyl (C=O) groups is 1. The maximum atomic E-state index is 12.4. The fraction of sp³-hybridized carbons (Fsp3) is 0.136. The van der Waals surface area contributed by atoms with E-state index in [2.05, 4.69) is 15.3 Å². The summed E-state index contributed by atoms with van der Waals surface area (Å²) in [4.78, 5) is 21.4. The Kier molecular flexibility index (Phi) is 5.33. The Morgan fingerprint density at radius 2 is 1.67 bits per heavy atom. The molecule has 2 aromatic carbocycles. The van der Waals surface area contributed by atoms with Crippen molar-refractivity contribution in [1.29, 1.82) is 0 Å². The Balaban J connectivity index is 1.49. The zero-order valence-electron chi connectivity index (χ0n) is 16.2. The average molecular weight is 421 g/mol. The second kappa shape index (κ2) is 8.08. The quantitative estimate of drug-likeness (QED) is 0.505. The second-order valence-corrected chi connectivity index (χ2v) is 8.87. The lowest BCUT2D eigenvalue weighted by atomic mass is 10.2. The number of nitrogens with zero attached hydrogens (tertiary/aromatic N) is 2. The van der Waals surface area contributed by atoms with E-state index in [1.807, 2.05) is 30.3 Å². The zero-order chi connectivity index (χ0) is 21.1. The van der Waals surface area contributed by atoms with Crippen LogP contribution < -0.4 is 5.32 Å². The third kappa shape index (κ3) is 4.23. The van der Waals surface area contributed by atoms with Crippen LogP contribution in [0.2, 0.25) is 0 Å². The highest BCUT2D eigenvalue weighted by Gasteiger charge is 2.18. The van der Waals surface area contributed by atoms with Crippen molar-refractivity contribution in [1.82, 2.24) is 9.97 Å². The molecular weight excluding hydrogens is 402 g/mol. The topological polar surface area (TPSA) is 102 Å². The minimum absolute atomic E-state index is 0.164. The molecule has 0 saturated heterocycles. The molecule has 0 bridgehead atoms. The Morgan fingerprint density at radius 1 is 1.00 bits per heavy atom. The van der Waals surface area contributed by atoms with Gasteiger partial charge in [0.1, 0.15) is 5.52 Å². The van der Waals surface area contributed by atoms with Crippen molar-refractivity contribution in [3.05, 3.63) is 72.4 Å². The number of rotatable bonds is 6. The van der Waals surface area contributed by atoms with E-state index >= 15 is 0 Å². The van der Waals surface area contributed by atoms with E-state index in [0.29, 0.717) is 28.5 Å². The Labute approximate surface area is 173 Å². The molecule has 0 aliphatic heterocycles. The Bertz CT molecular complexity index is 1300. The van der Waals surface area contributed by atoms with Crippen LogP contribution in [0.3, 0.4) is 0 Å². The monoisotopic (exact) mass is 421 g/mol. The fourth-order valence-corrected chi connectivity index (χ4v) is 4.23. The summed E-state index contributed by atoms with van der Waals surface area (Å²) in [5.74, 6) is -0.250. The van der Waals surface area contributed by atoms with Crippen molar-refractivity contribution in [2.75, 3.05) is 11.1 Å². The molecule has 2 heterocycles. The molecule has 0 unspecified atom stereocenters. The summed E-state index contributed by atoms with van der Waals surface area (Å²) in [5.41, 5.74) is 2.72. The molecule has 0 fully saturated rings. The number of carbonyl (C=O) groups excluding carboxylic acids is 1. The van der Waals surface area contributed by atoms with Crippen LogP contribution in [0, 0.1) is 6.92 Å². The molecule has 4 aromatic rings. The summed E-state index contributed by atoms with van der Waals surface area (Å²) in [5, 5.41) is 2.73. The molecule has 0 atom stereocenters. The van der Waals surface area contributed by atoms with Crippen molar-refractivity contribution >= 4 is 32.7 Å². The molecule has 8 heteroatoms. The molecule has 7 nitrogen and oxygen atoms in total. The smallest absolute Gasteiger partial charge is 0.247 e. The first-order valence-electron chi connectivity index (χ1n) is 9.34. The van der Waals surface area contributed by atoms with E-state index in [1.54, 1.807) is 31.2 Å². The number of amides is 1. The lowest BCUT2D eigenvalue weighted by Gasteiger charge is -2.08. The summed E-state index contributed by atoms with van der Waals surface area (Å²) in [6.07, 6.45) is -0.164. The summed E-state index contributed by atoms with van der Waals surface area (Å²) in [6, 6.07) is 19.2. The van der Waals surface area contributed by atoms with E-state index in [-0.39, 0.29) is 17.1 Å². The number of sulfone groups is 1. The highest BCUT2D eigenvalue weighted by molar-refractivity contribution is 7.91. The van der Waals surface area contributed by atoms with Crippen molar-refractivity contribution < 1.29 is 17.6 Å². The van der Waals surface area contributed by atoms with Gasteiger partial charge in [0.25, 0.3) is 0 Å². The molecule has 30 heavy (non-hydrogen) atoms. The van der Waals surface area contributed by atoms with Crippen LogP contribution in [0.5, 0.6) is 0 Å². The van der Waals surface area contributed by atoms with Crippen molar-refractivity contribution in [3.8, 4) is 11.5 Å². The molecule has 1 N–H and O–H groups in total. The van der Waals surface area contributed by atoms with Gasteiger partial charge in [0.05, 0.1) is 22.0 Å². The number of aryl methyl sites for hydroxylation is 1. The van der Waals surface area contributed by atoms with Gasteiger partial charge < -0.3 is 9.73 Å². The highest BCUT2D eigenvalue weighted by Crippen LogP contribution is 2.26. The van der Waals surface area contributed by atoms with Gasteiger partial charge in [-0.1, -0.05) is 36.4 Å². The fourth-order valence-electron chi connectivity index (χ4n) is 2.97. The molecule has 0 aliphatic carbocycles. The third-order valence-corrected chi connectivity index (χ3v) is 6.30.